The molecule has 4 amide bonds. The minimum Gasteiger partial charge on any atom is -0.508 e. The molecule has 0 unspecified atom stereocenters. The van der Waals surface area contributed by atoms with Crippen LogP contribution in [0.5, 0.6) is 5.75 Å². The average Bonchev–Trinajstić information content (AvgIpc) is 2.94. The van der Waals surface area contributed by atoms with E-state index in [0.717, 1.165) is 5.56 Å². The van der Waals surface area contributed by atoms with Gasteiger partial charge in [0.25, 0.3) is 23.6 Å². The van der Waals surface area contributed by atoms with Gasteiger partial charge in [-0.05, 0) is 72.6 Å². The number of carbonyl (C=O) groups is 4. The van der Waals surface area contributed by atoms with Crippen molar-refractivity contribution >= 4 is 71.6 Å². The zero-order chi connectivity index (χ0) is 31.2. The molecule has 2 heterocycles. The molecular formula is C33H38Cl3N5O5. The number of hydrogen-bond acceptors (Lipinski definition) is 8. The first-order valence-corrected chi connectivity index (χ1v) is 14.0. The third kappa shape index (κ3) is 7.15. The summed E-state index contributed by atoms with van der Waals surface area (Å²) in [6.45, 7) is 1.84. The Labute approximate surface area is 287 Å². The van der Waals surface area contributed by atoms with E-state index in [0.29, 0.717) is 30.6 Å². The minimum absolute atomic E-state index is 0. The SMILES string of the molecule is CN(C)CCN1C(=O)c2ccc3c4c(c(C#Cc5ccc(CN(C)C)c(O)c5)cc(c24)C1=O)C(=O)N(CCN(C)C)C3=O.Cl.Cl.Cl. The molecule has 13 heteroatoms. The Morgan fingerprint density at radius 1 is 0.630 bits per heavy atom. The smallest absolute Gasteiger partial charge is 0.262 e. The van der Waals surface area contributed by atoms with Crippen molar-refractivity contribution < 1.29 is 24.3 Å². The number of carbonyl (C=O) groups excluding carboxylic acids is 4. The minimum atomic E-state index is -0.522. The third-order valence-electron chi connectivity index (χ3n) is 7.62. The highest BCUT2D eigenvalue weighted by Gasteiger charge is 2.41. The van der Waals surface area contributed by atoms with E-state index in [9.17, 15) is 24.3 Å². The maximum Gasteiger partial charge on any atom is 0.262 e. The first kappa shape index (κ1) is 38.5. The molecule has 0 saturated carbocycles. The molecule has 2 aliphatic heterocycles. The molecule has 0 spiro atoms. The van der Waals surface area contributed by atoms with E-state index in [1.807, 2.05) is 57.0 Å². The van der Waals surface area contributed by atoms with Crippen LogP contribution in [0.2, 0.25) is 0 Å². The van der Waals surface area contributed by atoms with Gasteiger partial charge in [0, 0.05) is 76.9 Å². The quantitative estimate of drug-likeness (QED) is 0.283. The van der Waals surface area contributed by atoms with Crippen molar-refractivity contribution in [2.45, 2.75) is 6.54 Å². The standard InChI is InChI=1S/C33H35N5O5.3ClH/c1-34(2)13-15-37-30(40)23-11-12-24-29-27(33(43)38(31(24)41)16-14-35(3)4)21(18-25(28(23)29)32(37)42)9-7-20-8-10-22(19-36(5)6)26(39)17-20;;;/h8,10-12,17-18,39H,13-16,19H2,1-6H3;3*1H. The van der Waals surface area contributed by atoms with Crippen LogP contribution < -0.4 is 0 Å². The van der Waals surface area contributed by atoms with Crippen LogP contribution in [0, 0.1) is 11.8 Å². The summed E-state index contributed by atoms with van der Waals surface area (Å²) in [6.07, 6.45) is 0. The first-order valence-electron chi connectivity index (χ1n) is 14.0. The Hall–Kier alpha value is -3.69. The number of likely N-dealkylation sites (N-methyl/N-ethyl adjacent to an activating group) is 2. The van der Waals surface area contributed by atoms with Gasteiger partial charge in [-0.2, -0.15) is 0 Å². The molecular weight excluding hydrogens is 653 g/mol. The lowest BCUT2D eigenvalue weighted by Gasteiger charge is -2.33. The second-order valence-electron chi connectivity index (χ2n) is 11.7. The Balaban J connectivity index is 0.00000245. The van der Waals surface area contributed by atoms with Crippen LogP contribution in [0.4, 0.5) is 0 Å². The Bertz CT molecular complexity index is 1760. The van der Waals surface area contributed by atoms with Crippen molar-refractivity contribution in [1.29, 1.82) is 0 Å². The molecule has 1 N–H and O–H groups in total. The summed E-state index contributed by atoms with van der Waals surface area (Å²) in [4.78, 5) is 63.0. The number of amides is 4. The van der Waals surface area contributed by atoms with Crippen LogP contribution in [0.25, 0.3) is 10.8 Å². The van der Waals surface area contributed by atoms with Gasteiger partial charge in [-0.3, -0.25) is 29.0 Å². The number of imide groups is 2. The van der Waals surface area contributed by atoms with E-state index in [-0.39, 0.29) is 89.3 Å². The van der Waals surface area contributed by atoms with Gasteiger partial charge in [-0.1, -0.05) is 17.9 Å². The van der Waals surface area contributed by atoms with Gasteiger partial charge in [-0.25, -0.2) is 0 Å². The van der Waals surface area contributed by atoms with Crippen LogP contribution in [-0.2, 0) is 6.54 Å². The second kappa shape index (κ2) is 15.3. The normalized spacial score (nSPS) is 13.5. The average molecular weight is 691 g/mol. The van der Waals surface area contributed by atoms with E-state index in [4.69, 9.17) is 0 Å². The number of benzene rings is 3. The van der Waals surface area contributed by atoms with E-state index >= 15 is 0 Å². The van der Waals surface area contributed by atoms with Crippen molar-refractivity contribution in [1.82, 2.24) is 24.5 Å². The Kier molecular flexibility index (Phi) is 12.8. The predicted molar refractivity (Wildman–Crippen MR) is 185 cm³/mol. The maximum atomic E-state index is 14.0. The molecule has 0 radical (unpaired) electrons. The second-order valence-corrected chi connectivity index (χ2v) is 11.7. The highest BCUT2D eigenvalue weighted by Crippen LogP contribution is 2.39. The molecule has 46 heavy (non-hydrogen) atoms. The fourth-order valence-electron chi connectivity index (χ4n) is 5.43. The Morgan fingerprint density at radius 2 is 1.15 bits per heavy atom. The molecule has 5 rings (SSSR count). The monoisotopic (exact) mass is 689 g/mol. The molecule has 10 nitrogen and oxygen atoms in total. The van der Waals surface area contributed by atoms with Crippen LogP contribution in [0.1, 0.15) is 58.1 Å². The van der Waals surface area contributed by atoms with Gasteiger partial charge in [0.05, 0.1) is 5.56 Å². The fourth-order valence-corrected chi connectivity index (χ4v) is 5.43. The fraction of sp³-hybridized carbons (Fsp3) is 0.333. The molecule has 246 valence electrons. The van der Waals surface area contributed by atoms with Crippen LogP contribution in [0.3, 0.4) is 0 Å². The van der Waals surface area contributed by atoms with E-state index in [1.165, 1.54) is 9.80 Å². The van der Waals surface area contributed by atoms with Gasteiger partial charge in [0.2, 0.25) is 0 Å². The number of hydrogen-bond donors (Lipinski definition) is 1. The van der Waals surface area contributed by atoms with Crippen molar-refractivity contribution in [2.75, 3.05) is 68.5 Å². The predicted octanol–water partition coefficient (Wildman–Crippen LogP) is 3.59. The highest BCUT2D eigenvalue weighted by atomic mass is 35.5. The number of aromatic hydroxyl groups is 1. The summed E-state index contributed by atoms with van der Waals surface area (Å²) in [5.74, 6) is 4.25. The summed E-state index contributed by atoms with van der Waals surface area (Å²) in [7, 11) is 11.2. The molecule has 0 aromatic heterocycles. The molecule has 3 aromatic carbocycles. The van der Waals surface area contributed by atoms with Gasteiger partial charge in [0.15, 0.2) is 0 Å². The zero-order valence-corrected chi connectivity index (χ0v) is 29.0. The van der Waals surface area contributed by atoms with Gasteiger partial charge in [-0.15, -0.1) is 37.2 Å². The number of halogens is 3. The van der Waals surface area contributed by atoms with Crippen molar-refractivity contribution in [2.24, 2.45) is 0 Å². The van der Waals surface area contributed by atoms with E-state index in [1.54, 1.807) is 36.4 Å². The number of rotatable bonds is 8. The topological polar surface area (TPSA) is 105 Å². The molecule has 0 atom stereocenters. The summed E-state index contributed by atoms with van der Waals surface area (Å²) in [6, 6.07) is 9.85. The molecule has 3 aromatic rings. The lowest BCUT2D eigenvalue weighted by molar-refractivity contribution is 0.0579. The van der Waals surface area contributed by atoms with Crippen molar-refractivity contribution in [3.8, 4) is 17.6 Å². The van der Waals surface area contributed by atoms with E-state index < -0.39 is 23.6 Å². The maximum absolute atomic E-state index is 14.0. The first-order chi connectivity index (χ1) is 20.4. The summed E-state index contributed by atoms with van der Waals surface area (Å²) >= 11 is 0. The molecule has 0 saturated heterocycles. The Morgan fingerprint density at radius 3 is 1.67 bits per heavy atom. The van der Waals surface area contributed by atoms with Gasteiger partial charge in [0.1, 0.15) is 5.75 Å². The number of phenolic OH excluding ortho intramolecular Hbond substituents is 1. The molecule has 0 fully saturated rings. The van der Waals surface area contributed by atoms with Crippen LogP contribution in [-0.4, -0.2) is 122 Å². The summed E-state index contributed by atoms with van der Waals surface area (Å²) in [5, 5.41) is 11.2. The lowest BCUT2D eigenvalue weighted by Crippen LogP contribution is -2.46. The number of phenols is 1. The highest BCUT2D eigenvalue weighted by molar-refractivity contribution is 6.34. The summed E-state index contributed by atoms with van der Waals surface area (Å²) in [5.41, 5.74) is 2.49. The molecule has 0 aliphatic carbocycles. The number of nitrogens with zero attached hydrogens (tertiary/aromatic N) is 5. The molecule has 0 bridgehead atoms. The largest absolute Gasteiger partial charge is 0.508 e. The zero-order valence-electron chi connectivity index (χ0n) is 26.5. The summed E-state index contributed by atoms with van der Waals surface area (Å²) < 4.78 is 0. The van der Waals surface area contributed by atoms with E-state index in [2.05, 4.69) is 11.8 Å². The lowest BCUT2D eigenvalue weighted by atomic mass is 9.83. The van der Waals surface area contributed by atoms with Crippen LogP contribution in [0.15, 0.2) is 36.4 Å². The molecule has 2 aliphatic rings. The van der Waals surface area contributed by atoms with Crippen molar-refractivity contribution in [3.05, 3.63) is 75.3 Å². The van der Waals surface area contributed by atoms with Crippen molar-refractivity contribution in [3.63, 3.8) is 0 Å². The van der Waals surface area contributed by atoms with Crippen LogP contribution >= 0.6 is 37.2 Å². The van der Waals surface area contributed by atoms with Gasteiger partial charge < -0.3 is 19.8 Å². The van der Waals surface area contributed by atoms with Gasteiger partial charge >= 0.3 is 0 Å². The third-order valence-corrected chi connectivity index (χ3v) is 7.62.